The van der Waals surface area contributed by atoms with Crippen LogP contribution in [-0.2, 0) is 12.6 Å². The lowest BCUT2D eigenvalue weighted by Crippen LogP contribution is -2.14. The number of aryl methyl sites for hydroxylation is 1. The van der Waals surface area contributed by atoms with Gasteiger partial charge in [-0.15, -0.1) is 0 Å². The molecule has 0 saturated heterocycles. The van der Waals surface area contributed by atoms with Gasteiger partial charge in [-0.1, -0.05) is 25.5 Å². The monoisotopic (exact) mass is 322 g/mol. The Morgan fingerprint density at radius 2 is 1.83 bits per heavy atom. The van der Waals surface area contributed by atoms with Crippen LogP contribution in [0.3, 0.4) is 0 Å². The van der Waals surface area contributed by atoms with Gasteiger partial charge in [-0.2, -0.15) is 13.2 Å². The van der Waals surface area contributed by atoms with Crippen LogP contribution in [0.5, 0.6) is 0 Å². The molecule has 0 unspecified atom stereocenters. The number of anilines is 1. The Morgan fingerprint density at radius 3 is 2.35 bits per heavy atom. The van der Waals surface area contributed by atoms with E-state index in [1.165, 1.54) is 5.56 Å². The van der Waals surface area contributed by atoms with Gasteiger partial charge in [0.2, 0.25) is 0 Å². The summed E-state index contributed by atoms with van der Waals surface area (Å²) in [5.41, 5.74) is 0.832. The second-order valence-electron chi connectivity index (χ2n) is 5.18. The normalized spacial score (nSPS) is 11.3. The van der Waals surface area contributed by atoms with Crippen molar-refractivity contribution in [2.45, 2.75) is 32.4 Å². The van der Waals surface area contributed by atoms with Crippen LogP contribution in [0.2, 0.25) is 0 Å². The largest absolute Gasteiger partial charge is 0.433 e. The third kappa shape index (κ3) is 4.81. The SMILES string of the molecule is CCCCc1ccc(NC(=O)c2ccc(C(F)(F)F)nc2)cc1. The van der Waals surface area contributed by atoms with Gasteiger partial charge in [-0.05, 0) is 42.7 Å². The van der Waals surface area contributed by atoms with Crippen LogP contribution < -0.4 is 5.32 Å². The molecule has 0 aliphatic rings. The number of benzene rings is 1. The summed E-state index contributed by atoms with van der Waals surface area (Å²) in [6.45, 7) is 2.12. The van der Waals surface area contributed by atoms with Gasteiger partial charge in [0.15, 0.2) is 0 Å². The first-order chi connectivity index (χ1) is 10.9. The Morgan fingerprint density at radius 1 is 1.13 bits per heavy atom. The first-order valence-electron chi connectivity index (χ1n) is 7.33. The highest BCUT2D eigenvalue weighted by Crippen LogP contribution is 2.27. The molecule has 1 aromatic carbocycles. The number of halogens is 3. The molecule has 2 rings (SSSR count). The van der Waals surface area contributed by atoms with Gasteiger partial charge in [0.1, 0.15) is 5.69 Å². The molecule has 3 nitrogen and oxygen atoms in total. The molecule has 0 aliphatic heterocycles. The van der Waals surface area contributed by atoms with E-state index >= 15 is 0 Å². The molecule has 23 heavy (non-hydrogen) atoms. The lowest BCUT2D eigenvalue weighted by atomic mass is 10.1. The second kappa shape index (κ2) is 7.26. The van der Waals surface area contributed by atoms with Crippen LogP contribution in [0.25, 0.3) is 0 Å². The molecule has 2 aromatic rings. The lowest BCUT2D eigenvalue weighted by Gasteiger charge is -2.08. The van der Waals surface area contributed by atoms with E-state index in [1.54, 1.807) is 12.1 Å². The van der Waals surface area contributed by atoms with Crippen molar-refractivity contribution < 1.29 is 18.0 Å². The molecule has 1 amide bonds. The van der Waals surface area contributed by atoms with Crippen LogP contribution >= 0.6 is 0 Å². The van der Waals surface area contributed by atoms with Gasteiger partial charge in [-0.3, -0.25) is 9.78 Å². The molecular weight excluding hydrogens is 305 g/mol. The maximum atomic E-state index is 12.4. The van der Waals surface area contributed by atoms with Crippen molar-refractivity contribution in [1.82, 2.24) is 4.98 Å². The molecule has 0 atom stereocenters. The maximum Gasteiger partial charge on any atom is 0.433 e. The van der Waals surface area contributed by atoms with Crippen LogP contribution in [0.1, 0.15) is 41.4 Å². The average Bonchev–Trinajstić information content (AvgIpc) is 2.53. The van der Waals surface area contributed by atoms with Crippen molar-refractivity contribution in [3.63, 3.8) is 0 Å². The summed E-state index contributed by atoms with van der Waals surface area (Å²) in [5, 5.41) is 2.64. The van der Waals surface area contributed by atoms with Gasteiger partial charge in [0.25, 0.3) is 5.91 Å². The summed E-state index contributed by atoms with van der Waals surface area (Å²) in [4.78, 5) is 15.3. The van der Waals surface area contributed by atoms with Crippen molar-refractivity contribution in [2.24, 2.45) is 0 Å². The van der Waals surface area contributed by atoms with Crippen molar-refractivity contribution in [1.29, 1.82) is 0 Å². The van der Waals surface area contributed by atoms with Crippen LogP contribution in [0.15, 0.2) is 42.6 Å². The average molecular weight is 322 g/mol. The summed E-state index contributed by atoms with van der Waals surface area (Å²) in [5.74, 6) is -0.493. The van der Waals surface area contributed by atoms with Gasteiger partial charge in [0, 0.05) is 11.9 Å². The topological polar surface area (TPSA) is 42.0 Å². The number of alkyl halides is 3. The van der Waals surface area contributed by atoms with Crippen LogP contribution in [0, 0.1) is 0 Å². The first-order valence-corrected chi connectivity index (χ1v) is 7.33. The van der Waals surface area contributed by atoms with Crippen LogP contribution in [-0.4, -0.2) is 10.9 Å². The van der Waals surface area contributed by atoms with E-state index in [1.807, 2.05) is 12.1 Å². The van der Waals surface area contributed by atoms with E-state index in [9.17, 15) is 18.0 Å². The summed E-state index contributed by atoms with van der Waals surface area (Å²) in [7, 11) is 0. The molecule has 6 heteroatoms. The fourth-order valence-corrected chi connectivity index (χ4v) is 2.03. The molecule has 0 spiro atoms. The second-order valence-corrected chi connectivity index (χ2v) is 5.18. The Balaban J connectivity index is 2.01. The lowest BCUT2D eigenvalue weighted by molar-refractivity contribution is -0.141. The molecule has 122 valence electrons. The maximum absolute atomic E-state index is 12.4. The highest BCUT2D eigenvalue weighted by Gasteiger charge is 2.32. The minimum absolute atomic E-state index is 0.0769. The third-order valence-corrected chi connectivity index (χ3v) is 3.35. The van der Waals surface area contributed by atoms with E-state index in [0.29, 0.717) is 5.69 Å². The van der Waals surface area contributed by atoms with E-state index in [-0.39, 0.29) is 5.56 Å². The molecule has 1 aromatic heterocycles. The molecule has 0 saturated carbocycles. The molecule has 1 N–H and O–H groups in total. The number of nitrogens with zero attached hydrogens (tertiary/aromatic N) is 1. The van der Waals surface area contributed by atoms with Crippen LogP contribution in [0.4, 0.5) is 18.9 Å². The van der Waals surface area contributed by atoms with Gasteiger partial charge >= 0.3 is 6.18 Å². The summed E-state index contributed by atoms with van der Waals surface area (Å²) in [6.07, 6.45) is -0.396. The molecule has 1 heterocycles. The number of amides is 1. The number of unbranched alkanes of at least 4 members (excludes halogenated alkanes) is 1. The molecule has 0 radical (unpaired) electrons. The minimum atomic E-state index is -4.51. The Hall–Kier alpha value is -2.37. The molecular formula is C17H17F3N2O. The van der Waals surface area contributed by atoms with Crippen molar-refractivity contribution >= 4 is 11.6 Å². The zero-order valence-corrected chi connectivity index (χ0v) is 12.7. The molecule has 0 fully saturated rings. The number of rotatable bonds is 5. The molecule has 0 bridgehead atoms. The Kier molecular flexibility index (Phi) is 5.36. The number of hydrogen-bond acceptors (Lipinski definition) is 2. The van der Waals surface area contributed by atoms with Crippen molar-refractivity contribution in [3.8, 4) is 0 Å². The number of aromatic nitrogens is 1. The summed E-state index contributed by atoms with van der Waals surface area (Å²) < 4.78 is 37.3. The predicted molar refractivity (Wildman–Crippen MR) is 82.2 cm³/mol. The van der Waals surface area contributed by atoms with Gasteiger partial charge in [0.05, 0.1) is 5.56 Å². The predicted octanol–water partition coefficient (Wildman–Crippen LogP) is 4.70. The first kappa shape index (κ1) is 17.0. The number of nitrogens with one attached hydrogen (secondary N) is 1. The summed E-state index contributed by atoms with van der Waals surface area (Å²) >= 11 is 0. The number of carbonyl (C=O) groups is 1. The van der Waals surface area contributed by atoms with Crippen molar-refractivity contribution in [2.75, 3.05) is 5.32 Å². The fourth-order valence-electron chi connectivity index (χ4n) is 2.03. The zero-order chi connectivity index (χ0) is 16.9. The number of hydrogen-bond donors (Lipinski definition) is 1. The van der Waals surface area contributed by atoms with E-state index in [0.717, 1.165) is 37.6 Å². The highest BCUT2D eigenvalue weighted by molar-refractivity contribution is 6.04. The minimum Gasteiger partial charge on any atom is -0.322 e. The standard InChI is InChI=1S/C17H17F3N2O/c1-2-3-4-12-5-8-14(9-6-12)22-16(23)13-7-10-15(21-11-13)17(18,19)20/h5-11H,2-4H2,1H3,(H,22,23). The van der Waals surface area contributed by atoms with Gasteiger partial charge in [-0.25, -0.2) is 0 Å². The third-order valence-electron chi connectivity index (χ3n) is 3.35. The fraction of sp³-hybridized carbons (Fsp3) is 0.294. The highest BCUT2D eigenvalue weighted by atomic mass is 19.4. The van der Waals surface area contributed by atoms with E-state index in [2.05, 4.69) is 17.2 Å². The number of pyridine rings is 1. The Labute approximate surface area is 132 Å². The Bertz CT molecular complexity index is 649. The van der Waals surface area contributed by atoms with Gasteiger partial charge < -0.3 is 5.32 Å². The zero-order valence-electron chi connectivity index (χ0n) is 12.7. The number of carbonyl (C=O) groups excluding carboxylic acids is 1. The van der Waals surface area contributed by atoms with Crippen molar-refractivity contribution in [3.05, 3.63) is 59.4 Å². The summed E-state index contributed by atoms with van der Waals surface area (Å²) in [6, 6.07) is 9.32. The smallest absolute Gasteiger partial charge is 0.322 e. The quantitative estimate of drug-likeness (QED) is 0.867. The molecule has 0 aliphatic carbocycles. The van der Waals surface area contributed by atoms with E-state index < -0.39 is 17.8 Å². The van der Waals surface area contributed by atoms with E-state index in [4.69, 9.17) is 0 Å².